The molecule has 1 saturated carbocycles. The van der Waals surface area contributed by atoms with Gasteiger partial charge in [0, 0.05) is 12.2 Å². The second kappa shape index (κ2) is 7.09. The van der Waals surface area contributed by atoms with Gasteiger partial charge in [-0.05, 0) is 52.0 Å². The van der Waals surface area contributed by atoms with Crippen LogP contribution in [-0.2, 0) is 9.53 Å². The smallest absolute Gasteiger partial charge is 0.256 e. The van der Waals surface area contributed by atoms with Crippen LogP contribution in [-0.4, -0.2) is 29.7 Å². The molecule has 0 radical (unpaired) electrons. The number of ether oxygens (including phenoxy) is 2. The van der Waals surface area contributed by atoms with Crippen LogP contribution in [0.25, 0.3) is 0 Å². The van der Waals surface area contributed by atoms with E-state index in [4.69, 9.17) is 9.47 Å². The Morgan fingerprint density at radius 1 is 1.45 bits per heavy atom. The highest BCUT2D eigenvalue weighted by atomic mass is 16.5. The maximum Gasteiger partial charge on any atom is 0.256 e. The molecule has 1 aromatic rings. The summed E-state index contributed by atoms with van der Waals surface area (Å²) in [5, 5.41) is 2.94. The number of carbonyl (C=O) groups is 1. The molecule has 1 fully saturated rings. The first-order valence-corrected chi connectivity index (χ1v) is 8.06. The van der Waals surface area contributed by atoms with Crippen molar-refractivity contribution in [3.8, 4) is 5.88 Å². The monoisotopic (exact) mass is 306 g/mol. The highest BCUT2D eigenvalue weighted by Gasteiger charge is 2.48. The highest BCUT2D eigenvalue weighted by Crippen LogP contribution is 2.42. The number of rotatable bonds is 8. The predicted octanol–water partition coefficient (Wildman–Crippen LogP) is 3.32. The molecule has 2 rings (SSSR count). The van der Waals surface area contributed by atoms with E-state index in [1.54, 1.807) is 6.20 Å². The van der Waals surface area contributed by atoms with Gasteiger partial charge >= 0.3 is 0 Å². The number of anilines is 1. The number of hydrogen-bond donors (Lipinski definition) is 1. The van der Waals surface area contributed by atoms with Gasteiger partial charge in [-0.3, -0.25) is 4.79 Å². The van der Waals surface area contributed by atoms with E-state index in [9.17, 15) is 4.79 Å². The van der Waals surface area contributed by atoms with Crippen LogP contribution in [0, 0.1) is 12.8 Å². The molecule has 22 heavy (non-hydrogen) atoms. The van der Waals surface area contributed by atoms with Gasteiger partial charge < -0.3 is 14.8 Å². The molecule has 1 aliphatic carbocycles. The van der Waals surface area contributed by atoms with Gasteiger partial charge in [0.1, 0.15) is 5.60 Å². The van der Waals surface area contributed by atoms with Gasteiger partial charge in [-0.1, -0.05) is 6.92 Å². The molecule has 1 aromatic heterocycles. The lowest BCUT2D eigenvalue weighted by molar-refractivity contribution is -0.142. The van der Waals surface area contributed by atoms with Crippen molar-refractivity contribution < 1.29 is 14.3 Å². The number of aryl methyl sites for hydroxylation is 1. The number of nitrogens with zero attached hydrogens (tertiary/aromatic N) is 1. The van der Waals surface area contributed by atoms with Gasteiger partial charge in [0.25, 0.3) is 5.91 Å². The molecule has 0 spiro atoms. The topological polar surface area (TPSA) is 60.5 Å². The lowest BCUT2D eigenvalue weighted by Gasteiger charge is -2.28. The Hall–Kier alpha value is -1.62. The van der Waals surface area contributed by atoms with Crippen molar-refractivity contribution in [1.29, 1.82) is 0 Å². The first kappa shape index (κ1) is 16.7. The van der Waals surface area contributed by atoms with E-state index in [0.717, 1.165) is 24.8 Å². The zero-order valence-electron chi connectivity index (χ0n) is 13.9. The maximum absolute atomic E-state index is 12.6. The van der Waals surface area contributed by atoms with Crippen LogP contribution in [0.3, 0.4) is 0 Å². The molecule has 0 bridgehead atoms. The summed E-state index contributed by atoms with van der Waals surface area (Å²) in [7, 11) is 0. The molecule has 122 valence electrons. The molecule has 0 aliphatic heterocycles. The van der Waals surface area contributed by atoms with Crippen LogP contribution >= 0.6 is 0 Å². The largest absolute Gasteiger partial charge is 0.478 e. The number of nitrogens with one attached hydrogen (secondary N) is 1. The number of aromatic nitrogens is 1. The lowest BCUT2D eigenvalue weighted by Crippen LogP contribution is -2.45. The Morgan fingerprint density at radius 2 is 2.18 bits per heavy atom. The minimum absolute atomic E-state index is 0.0891. The van der Waals surface area contributed by atoms with E-state index in [2.05, 4.69) is 10.3 Å². The van der Waals surface area contributed by atoms with Crippen LogP contribution in [0.1, 0.15) is 45.6 Å². The molecule has 1 atom stereocenters. The zero-order valence-corrected chi connectivity index (χ0v) is 13.9. The molecule has 1 amide bonds. The number of amides is 1. The molecule has 5 nitrogen and oxygen atoms in total. The van der Waals surface area contributed by atoms with Crippen LogP contribution in [0.2, 0.25) is 0 Å². The first-order valence-electron chi connectivity index (χ1n) is 8.06. The fourth-order valence-corrected chi connectivity index (χ4v) is 2.49. The standard InChI is InChI=1S/C17H26N2O3/c1-5-9-22-17(4,13-7-8-13)16(20)19-14-10-12(3)15(18-11-14)21-6-2/h10-11,13H,5-9H2,1-4H3,(H,19,20)/t17-/m0/s1. The summed E-state index contributed by atoms with van der Waals surface area (Å²) < 4.78 is 11.3. The fraction of sp³-hybridized carbons (Fsp3) is 0.647. The molecule has 1 heterocycles. The number of pyridine rings is 1. The quantitative estimate of drug-likeness (QED) is 0.800. The third kappa shape index (κ3) is 3.77. The second-order valence-electron chi connectivity index (χ2n) is 5.96. The summed E-state index contributed by atoms with van der Waals surface area (Å²) in [5.41, 5.74) is 0.836. The molecule has 5 heteroatoms. The minimum Gasteiger partial charge on any atom is -0.478 e. The fourth-order valence-electron chi connectivity index (χ4n) is 2.49. The molecule has 1 aliphatic rings. The normalized spacial score (nSPS) is 16.9. The Labute approximate surface area is 132 Å². The molecule has 0 saturated heterocycles. The number of hydrogen-bond acceptors (Lipinski definition) is 4. The minimum atomic E-state index is -0.748. The van der Waals surface area contributed by atoms with Crippen LogP contribution in [0.15, 0.2) is 12.3 Å². The molecular weight excluding hydrogens is 280 g/mol. The van der Waals surface area contributed by atoms with E-state index in [1.807, 2.05) is 33.8 Å². The number of carbonyl (C=O) groups excluding carboxylic acids is 1. The van der Waals surface area contributed by atoms with Gasteiger partial charge in [-0.25, -0.2) is 4.98 Å². The molecule has 1 N–H and O–H groups in total. The Morgan fingerprint density at radius 3 is 2.73 bits per heavy atom. The van der Waals surface area contributed by atoms with Crippen molar-refractivity contribution >= 4 is 11.6 Å². The first-order chi connectivity index (χ1) is 10.5. The van der Waals surface area contributed by atoms with Gasteiger partial charge in [0.15, 0.2) is 0 Å². The summed E-state index contributed by atoms with van der Waals surface area (Å²) in [5.74, 6) is 0.831. The van der Waals surface area contributed by atoms with E-state index >= 15 is 0 Å². The van der Waals surface area contributed by atoms with E-state index in [-0.39, 0.29) is 5.91 Å². The van der Waals surface area contributed by atoms with Crippen LogP contribution in [0.5, 0.6) is 5.88 Å². The van der Waals surface area contributed by atoms with Crippen molar-refractivity contribution in [3.63, 3.8) is 0 Å². The van der Waals surface area contributed by atoms with Gasteiger partial charge in [0.05, 0.1) is 18.5 Å². The summed E-state index contributed by atoms with van der Waals surface area (Å²) in [6.07, 6.45) is 4.63. The van der Waals surface area contributed by atoms with E-state index < -0.39 is 5.60 Å². The Kier molecular flexibility index (Phi) is 5.40. The zero-order chi connectivity index (χ0) is 16.2. The third-order valence-electron chi connectivity index (χ3n) is 3.98. The average molecular weight is 306 g/mol. The van der Waals surface area contributed by atoms with Crippen molar-refractivity contribution in [3.05, 3.63) is 17.8 Å². The third-order valence-corrected chi connectivity index (χ3v) is 3.98. The highest BCUT2D eigenvalue weighted by molar-refractivity contribution is 5.97. The summed E-state index contributed by atoms with van der Waals surface area (Å²) in [6, 6.07) is 1.88. The van der Waals surface area contributed by atoms with Crippen molar-refractivity contribution in [2.75, 3.05) is 18.5 Å². The summed E-state index contributed by atoms with van der Waals surface area (Å²) in [4.78, 5) is 16.9. The van der Waals surface area contributed by atoms with E-state index in [1.165, 1.54) is 0 Å². The Balaban J connectivity index is 2.08. The van der Waals surface area contributed by atoms with Gasteiger partial charge in [0.2, 0.25) is 5.88 Å². The predicted molar refractivity (Wildman–Crippen MR) is 86.1 cm³/mol. The van der Waals surface area contributed by atoms with Crippen molar-refractivity contribution in [1.82, 2.24) is 4.98 Å². The molecule has 0 unspecified atom stereocenters. The van der Waals surface area contributed by atoms with Crippen molar-refractivity contribution in [2.24, 2.45) is 5.92 Å². The van der Waals surface area contributed by atoms with Crippen LogP contribution < -0.4 is 10.1 Å². The molecular formula is C17H26N2O3. The second-order valence-corrected chi connectivity index (χ2v) is 5.96. The average Bonchev–Trinajstić information content (AvgIpc) is 3.32. The molecule has 0 aromatic carbocycles. The lowest BCUT2D eigenvalue weighted by atomic mass is 9.98. The van der Waals surface area contributed by atoms with Gasteiger partial charge in [-0.2, -0.15) is 0 Å². The van der Waals surface area contributed by atoms with E-state index in [0.29, 0.717) is 30.7 Å². The maximum atomic E-state index is 12.6. The van der Waals surface area contributed by atoms with Crippen molar-refractivity contribution in [2.45, 2.75) is 52.6 Å². The SMILES string of the molecule is CCCO[C@](C)(C(=O)Nc1cnc(OCC)c(C)c1)C1CC1. The van der Waals surface area contributed by atoms with Crippen LogP contribution in [0.4, 0.5) is 5.69 Å². The summed E-state index contributed by atoms with van der Waals surface area (Å²) >= 11 is 0. The van der Waals surface area contributed by atoms with Gasteiger partial charge in [-0.15, -0.1) is 0 Å². The Bertz CT molecular complexity index is 529. The summed E-state index contributed by atoms with van der Waals surface area (Å²) in [6.45, 7) is 8.95.